The van der Waals surface area contributed by atoms with E-state index in [2.05, 4.69) is 22.1 Å². The molecule has 23 heavy (non-hydrogen) atoms. The van der Waals surface area contributed by atoms with Crippen LogP contribution in [0.3, 0.4) is 0 Å². The first kappa shape index (κ1) is 17.6. The van der Waals surface area contributed by atoms with E-state index in [1.54, 1.807) is 6.08 Å². The van der Waals surface area contributed by atoms with Crippen molar-refractivity contribution in [2.45, 2.75) is 31.6 Å². The molecule has 0 aliphatic carbocycles. The summed E-state index contributed by atoms with van der Waals surface area (Å²) < 4.78 is 1.92. The second kappa shape index (κ2) is 8.17. The third-order valence-electron chi connectivity index (χ3n) is 3.27. The Hall–Kier alpha value is -1.79. The maximum atomic E-state index is 12.1. The summed E-state index contributed by atoms with van der Waals surface area (Å²) in [5.41, 5.74) is 0.974. The highest BCUT2D eigenvalue weighted by molar-refractivity contribution is 7.99. The minimum atomic E-state index is -0.102. The highest BCUT2D eigenvalue weighted by Crippen LogP contribution is 2.19. The smallest absolute Gasteiger partial charge is 0.230 e. The van der Waals surface area contributed by atoms with Gasteiger partial charge in [0, 0.05) is 11.6 Å². The van der Waals surface area contributed by atoms with Crippen LogP contribution in [0.25, 0.3) is 0 Å². The Morgan fingerprint density at radius 3 is 3.00 bits per heavy atom. The number of aromatic nitrogens is 3. The number of hydrogen-bond donors (Lipinski definition) is 1. The van der Waals surface area contributed by atoms with Gasteiger partial charge in [-0.05, 0) is 31.5 Å². The van der Waals surface area contributed by atoms with Crippen LogP contribution in [0.5, 0.6) is 0 Å². The Morgan fingerprint density at radius 1 is 1.52 bits per heavy atom. The molecule has 5 nitrogen and oxygen atoms in total. The molecule has 0 bridgehead atoms. The second-order valence-corrected chi connectivity index (χ2v) is 6.44. The normalized spacial score (nSPS) is 12.0. The van der Waals surface area contributed by atoms with Gasteiger partial charge in [-0.3, -0.25) is 4.79 Å². The maximum absolute atomic E-state index is 12.1. The molecule has 1 N–H and O–H groups in total. The summed E-state index contributed by atoms with van der Waals surface area (Å²) in [7, 11) is 0. The van der Waals surface area contributed by atoms with Crippen LogP contribution < -0.4 is 5.32 Å². The summed E-state index contributed by atoms with van der Waals surface area (Å²) in [4.78, 5) is 12.1. The van der Waals surface area contributed by atoms with E-state index in [1.807, 2.05) is 42.7 Å². The van der Waals surface area contributed by atoms with Crippen LogP contribution in [0.15, 0.2) is 42.1 Å². The third kappa shape index (κ3) is 4.84. The van der Waals surface area contributed by atoms with Crippen molar-refractivity contribution in [2.24, 2.45) is 0 Å². The summed E-state index contributed by atoms with van der Waals surface area (Å²) in [6.07, 6.45) is 1.78. The van der Waals surface area contributed by atoms with E-state index >= 15 is 0 Å². The monoisotopic (exact) mass is 350 g/mol. The molecule has 0 spiro atoms. The van der Waals surface area contributed by atoms with Gasteiger partial charge in [0.2, 0.25) is 5.91 Å². The molecule has 1 aromatic heterocycles. The van der Waals surface area contributed by atoms with E-state index in [4.69, 9.17) is 11.6 Å². The van der Waals surface area contributed by atoms with Gasteiger partial charge >= 0.3 is 0 Å². The van der Waals surface area contributed by atoms with Crippen molar-refractivity contribution in [3.05, 3.63) is 53.3 Å². The van der Waals surface area contributed by atoms with Crippen molar-refractivity contribution in [1.82, 2.24) is 20.1 Å². The van der Waals surface area contributed by atoms with E-state index in [9.17, 15) is 4.79 Å². The lowest BCUT2D eigenvalue weighted by Gasteiger charge is -2.14. The minimum Gasteiger partial charge on any atom is -0.349 e. The molecular formula is C16H19ClN4OS. The largest absolute Gasteiger partial charge is 0.349 e. The molecule has 0 aliphatic rings. The van der Waals surface area contributed by atoms with Crippen LogP contribution in [0.4, 0.5) is 0 Å². The number of carbonyl (C=O) groups excluding carboxylic acids is 1. The molecule has 0 saturated carbocycles. The zero-order valence-corrected chi connectivity index (χ0v) is 14.7. The average Bonchev–Trinajstić information content (AvgIpc) is 2.86. The fourth-order valence-corrected chi connectivity index (χ4v) is 3.08. The topological polar surface area (TPSA) is 59.8 Å². The molecular weight excluding hydrogens is 332 g/mol. The van der Waals surface area contributed by atoms with E-state index in [-0.39, 0.29) is 17.7 Å². The lowest BCUT2D eigenvalue weighted by Crippen LogP contribution is -2.28. The Kier molecular flexibility index (Phi) is 6.24. The Morgan fingerprint density at radius 2 is 2.30 bits per heavy atom. The van der Waals surface area contributed by atoms with E-state index in [0.717, 1.165) is 11.4 Å². The molecule has 1 amide bonds. The molecule has 2 rings (SSSR count). The average molecular weight is 351 g/mol. The summed E-state index contributed by atoms with van der Waals surface area (Å²) in [6, 6.07) is 7.37. The zero-order chi connectivity index (χ0) is 16.8. The molecule has 122 valence electrons. The molecule has 7 heteroatoms. The maximum Gasteiger partial charge on any atom is 0.230 e. The van der Waals surface area contributed by atoms with Gasteiger partial charge in [-0.25, -0.2) is 0 Å². The summed E-state index contributed by atoms with van der Waals surface area (Å²) in [6.45, 7) is 8.15. The molecule has 0 saturated heterocycles. The van der Waals surface area contributed by atoms with E-state index in [0.29, 0.717) is 16.7 Å². The van der Waals surface area contributed by atoms with Gasteiger partial charge in [-0.1, -0.05) is 41.6 Å². The quantitative estimate of drug-likeness (QED) is 0.614. The Labute approximate surface area is 145 Å². The fourth-order valence-electron chi connectivity index (χ4n) is 2.08. The van der Waals surface area contributed by atoms with Crippen molar-refractivity contribution in [1.29, 1.82) is 0 Å². The summed E-state index contributed by atoms with van der Waals surface area (Å²) in [5.74, 6) is 1.02. The number of hydrogen-bond acceptors (Lipinski definition) is 4. The lowest BCUT2D eigenvalue weighted by molar-refractivity contribution is -0.119. The van der Waals surface area contributed by atoms with Crippen LogP contribution in [-0.4, -0.2) is 26.4 Å². The number of nitrogens with one attached hydrogen (secondary N) is 1. The highest BCUT2D eigenvalue weighted by Gasteiger charge is 2.13. The minimum absolute atomic E-state index is 0.0618. The van der Waals surface area contributed by atoms with Crippen LogP contribution in [0, 0.1) is 6.92 Å². The number of amides is 1. The van der Waals surface area contributed by atoms with Crippen LogP contribution in [0.2, 0.25) is 5.02 Å². The number of halogens is 1. The predicted molar refractivity (Wildman–Crippen MR) is 93.7 cm³/mol. The first-order valence-electron chi connectivity index (χ1n) is 7.19. The van der Waals surface area contributed by atoms with Crippen LogP contribution in [0.1, 0.15) is 24.4 Å². The van der Waals surface area contributed by atoms with Crippen LogP contribution >= 0.6 is 23.4 Å². The second-order valence-electron chi connectivity index (χ2n) is 5.06. The standard InChI is InChI=1S/C16H19ClN4OS/c1-4-8-21-12(3)19-20-16(21)23-10-15(22)18-11(2)13-6-5-7-14(17)9-13/h4-7,9,11H,1,8,10H2,2-3H3,(H,18,22). The van der Waals surface area contributed by atoms with Gasteiger partial charge in [-0.2, -0.15) is 0 Å². The first-order valence-corrected chi connectivity index (χ1v) is 8.56. The number of allylic oxidation sites excluding steroid dienone is 1. The van der Waals surface area contributed by atoms with Gasteiger partial charge in [-0.15, -0.1) is 16.8 Å². The number of nitrogens with zero attached hydrogens (tertiary/aromatic N) is 3. The molecule has 0 radical (unpaired) electrons. The van der Waals surface area contributed by atoms with Gasteiger partial charge in [0.1, 0.15) is 5.82 Å². The molecule has 2 aromatic rings. The lowest BCUT2D eigenvalue weighted by atomic mass is 10.1. The van der Waals surface area contributed by atoms with Gasteiger partial charge in [0.25, 0.3) is 0 Å². The van der Waals surface area contributed by atoms with Crippen molar-refractivity contribution in [2.75, 3.05) is 5.75 Å². The Bertz CT molecular complexity index is 701. The third-order valence-corrected chi connectivity index (χ3v) is 4.47. The molecule has 0 fully saturated rings. The summed E-state index contributed by atoms with van der Waals surface area (Å²) in [5, 5.41) is 12.4. The number of carbonyl (C=O) groups is 1. The van der Waals surface area contributed by atoms with E-state index < -0.39 is 0 Å². The number of aryl methyl sites for hydroxylation is 1. The fraction of sp³-hybridized carbons (Fsp3) is 0.312. The van der Waals surface area contributed by atoms with Crippen molar-refractivity contribution < 1.29 is 4.79 Å². The molecule has 1 atom stereocenters. The van der Waals surface area contributed by atoms with Crippen LogP contribution in [-0.2, 0) is 11.3 Å². The highest BCUT2D eigenvalue weighted by atomic mass is 35.5. The summed E-state index contributed by atoms with van der Waals surface area (Å²) >= 11 is 7.33. The molecule has 1 unspecified atom stereocenters. The van der Waals surface area contributed by atoms with Gasteiger partial charge in [0.15, 0.2) is 5.16 Å². The number of benzene rings is 1. The van der Waals surface area contributed by atoms with Crippen molar-refractivity contribution in [3.8, 4) is 0 Å². The van der Waals surface area contributed by atoms with Crippen molar-refractivity contribution in [3.63, 3.8) is 0 Å². The first-order chi connectivity index (χ1) is 11.0. The predicted octanol–water partition coefficient (Wildman–Crippen LogP) is 3.40. The SMILES string of the molecule is C=CCn1c(C)nnc1SCC(=O)NC(C)c1cccc(Cl)c1. The molecule has 1 heterocycles. The molecule has 1 aromatic carbocycles. The number of thioether (sulfide) groups is 1. The number of rotatable bonds is 7. The van der Waals surface area contributed by atoms with E-state index in [1.165, 1.54) is 11.8 Å². The molecule has 0 aliphatic heterocycles. The zero-order valence-electron chi connectivity index (χ0n) is 13.1. The van der Waals surface area contributed by atoms with Crippen molar-refractivity contribution >= 4 is 29.3 Å². The van der Waals surface area contributed by atoms with Gasteiger partial charge in [0.05, 0.1) is 11.8 Å². The Balaban J connectivity index is 1.91. The van der Waals surface area contributed by atoms with Gasteiger partial charge < -0.3 is 9.88 Å².